The van der Waals surface area contributed by atoms with Crippen molar-refractivity contribution in [3.63, 3.8) is 0 Å². The second-order valence-electron chi connectivity index (χ2n) is 8.71. The normalized spacial score (nSPS) is 23.9. The number of aliphatic imine (C=N–C) groups is 1. The van der Waals surface area contributed by atoms with Gasteiger partial charge in [-0.3, -0.25) is 4.79 Å². The fourth-order valence-corrected chi connectivity index (χ4v) is 4.90. The molecule has 3 heterocycles. The highest BCUT2D eigenvalue weighted by Crippen LogP contribution is 2.46. The Morgan fingerprint density at radius 3 is 2.58 bits per heavy atom. The van der Waals surface area contributed by atoms with Gasteiger partial charge in [0.25, 0.3) is 11.9 Å². The first-order valence-electron chi connectivity index (χ1n) is 11.4. The van der Waals surface area contributed by atoms with E-state index >= 15 is 0 Å². The molecule has 0 aromatic heterocycles. The zero-order valence-corrected chi connectivity index (χ0v) is 19.2. The molecule has 180 valence electrons. The van der Waals surface area contributed by atoms with E-state index in [2.05, 4.69) is 15.9 Å². The summed E-state index contributed by atoms with van der Waals surface area (Å²) in [6.45, 7) is 0. The number of para-hydroxylation sites is 3. The smallest absolute Gasteiger partial charge is 0.337 e. The zero-order chi connectivity index (χ0) is 24.9. The number of nitrogens with one attached hydrogen (secondary N) is 2. The van der Waals surface area contributed by atoms with Crippen LogP contribution in [0.1, 0.15) is 22.3 Å². The van der Waals surface area contributed by atoms with Crippen LogP contribution in [-0.2, 0) is 19.9 Å². The van der Waals surface area contributed by atoms with Gasteiger partial charge >= 0.3 is 5.97 Å². The maximum absolute atomic E-state index is 13.5. The van der Waals surface area contributed by atoms with Gasteiger partial charge in [-0.1, -0.05) is 30.3 Å². The SMILES string of the molecule is COC(=O)c1ccc([N+]2=NOC([O-])C2C2=Nc3ccccc3NC3(C2)C(=O)Nc2ccccc23)cc1. The molecular weight excluding hydrogens is 462 g/mol. The number of hydrogen-bond acceptors (Lipinski definition) is 8. The lowest BCUT2D eigenvalue weighted by molar-refractivity contribution is -0.557. The lowest BCUT2D eigenvalue weighted by Crippen LogP contribution is -2.50. The van der Waals surface area contributed by atoms with Crippen LogP contribution < -0.4 is 15.7 Å². The van der Waals surface area contributed by atoms with Crippen molar-refractivity contribution in [2.24, 2.45) is 10.3 Å². The highest BCUT2D eigenvalue weighted by Gasteiger charge is 2.52. The number of anilines is 2. The third-order valence-corrected chi connectivity index (χ3v) is 6.64. The van der Waals surface area contributed by atoms with Crippen molar-refractivity contribution in [2.45, 2.75) is 24.3 Å². The monoisotopic (exact) mass is 483 g/mol. The first kappa shape index (κ1) is 21.9. The number of amides is 1. The number of methoxy groups -OCH3 is 1. The van der Waals surface area contributed by atoms with Gasteiger partial charge in [0.15, 0.2) is 10.8 Å². The molecule has 3 aliphatic heterocycles. The topological polar surface area (TPSA) is 127 Å². The third kappa shape index (κ3) is 3.34. The summed E-state index contributed by atoms with van der Waals surface area (Å²) >= 11 is 0. The third-order valence-electron chi connectivity index (χ3n) is 6.64. The Hall–Kier alpha value is -4.57. The van der Waals surface area contributed by atoms with Gasteiger partial charge in [-0.15, -0.1) is 0 Å². The quantitative estimate of drug-likeness (QED) is 0.436. The number of benzene rings is 3. The van der Waals surface area contributed by atoms with Gasteiger partial charge < -0.3 is 25.3 Å². The summed E-state index contributed by atoms with van der Waals surface area (Å²) in [5, 5.41) is 23.5. The molecule has 3 aromatic carbocycles. The maximum atomic E-state index is 13.5. The first-order valence-corrected chi connectivity index (χ1v) is 11.4. The van der Waals surface area contributed by atoms with Crippen LogP contribution in [0.25, 0.3) is 0 Å². The van der Waals surface area contributed by atoms with E-state index in [1.807, 2.05) is 48.5 Å². The average molecular weight is 483 g/mol. The van der Waals surface area contributed by atoms with Crippen LogP contribution in [0.2, 0.25) is 0 Å². The fraction of sp³-hybridized carbons (Fsp3) is 0.192. The molecule has 0 fully saturated rings. The predicted molar refractivity (Wildman–Crippen MR) is 127 cm³/mol. The minimum absolute atomic E-state index is 0.115. The second-order valence-corrected chi connectivity index (χ2v) is 8.71. The molecule has 0 saturated carbocycles. The van der Waals surface area contributed by atoms with Gasteiger partial charge in [-0.2, -0.15) is 0 Å². The number of rotatable bonds is 3. The lowest BCUT2D eigenvalue weighted by Gasteiger charge is -2.30. The van der Waals surface area contributed by atoms with E-state index in [1.165, 1.54) is 11.8 Å². The van der Waals surface area contributed by atoms with Gasteiger partial charge in [0.05, 0.1) is 29.8 Å². The number of carbonyl (C=O) groups excluding carboxylic acids is 2. The van der Waals surface area contributed by atoms with E-state index in [0.29, 0.717) is 34.0 Å². The zero-order valence-electron chi connectivity index (χ0n) is 19.2. The molecule has 1 spiro atoms. The largest absolute Gasteiger partial charge is 0.814 e. The van der Waals surface area contributed by atoms with Crippen LogP contribution in [0.15, 0.2) is 83.1 Å². The molecule has 6 rings (SSSR count). The Labute approximate surface area is 205 Å². The minimum Gasteiger partial charge on any atom is -0.814 e. The highest BCUT2D eigenvalue weighted by molar-refractivity contribution is 6.12. The van der Waals surface area contributed by atoms with Crippen molar-refractivity contribution < 1.29 is 29.0 Å². The second kappa shape index (κ2) is 8.28. The standard InChI is InChI=1S/C26H21N5O5/c1-35-23(32)15-10-12-16(13-11-15)31-22(24(33)36-30-31)21-14-26(29-20-9-5-4-8-19(20)27-21)17-6-2-3-7-18(17)28-25(26)34/h2-13,22,24,29H,14H2,1H3,(H,28,34). The summed E-state index contributed by atoms with van der Waals surface area (Å²) in [5.41, 5.74) is 2.90. The molecule has 10 nitrogen and oxygen atoms in total. The summed E-state index contributed by atoms with van der Waals surface area (Å²) < 4.78 is 6.20. The molecule has 0 saturated heterocycles. The van der Waals surface area contributed by atoms with Crippen molar-refractivity contribution in [1.82, 2.24) is 0 Å². The van der Waals surface area contributed by atoms with Gasteiger partial charge in [0.2, 0.25) is 5.69 Å². The number of fused-ring (bicyclic) bond motifs is 3. The number of carbonyl (C=O) groups is 2. The molecule has 2 N–H and O–H groups in total. The molecule has 0 bridgehead atoms. The Kier molecular flexibility index (Phi) is 5.04. The molecule has 3 aliphatic rings. The van der Waals surface area contributed by atoms with Crippen LogP contribution in [0, 0.1) is 0 Å². The number of esters is 1. The average Bonchev–Trinajstić information content (AvgIpc) is 3.34. The Balaban J connectivity index is 1.46. The molecule has 0 aliphatic carbocycles. The van der Waals surface area contributed by atoms with E-state index < -0.39 is 23.8 Å². The lowest BCUT2D eigenvalue weighted by atomic mass is 9.84. The van der Waals surface area contributed by atoms with Crippen molar-refractivity contribution in [1.29, 1.82) is 0 Å². The molecular formula is C26H21N5O5. The molecule has 3 aromatic rings. The summed E-state index contributed by atoms with van der Waals surface area (Å²) in [5.74, 6) is -0.710. The van der Waals surface area contributed by atoms with Crippen molar-refractivity contribution in [2.75, 3.05) is 17.7 Å². The van der Waals surface area contributed by atoms with Crippen LogP contribution in [0.3, 0.4) is 0 Å². The predicted octanol–water partition coefficient (Wildman–Crippen LogP) is 3.01. The number of hydrogen-bond donors (Lipinski definition) is 2. The Bertz CT molecular complexity index is 1450. The highest BCUT2D eigenvalue weighted by atomic mass is 16.7. The minimum atomic E-state index is -1.58. The first-order chi connectivity index (χ1) is 17.5. The van der Waals surface area contributed by atoms with Crippen LogP contribution in [0.4, 0.5) is 22.7 Å². The molecule has 10 heteroatoms. The fourth-order valence-electron chi connectivity index (χ4n) is 4.90. The Morgan fingerprint density at radius 2 is 1.81 bits per heavy atom. The molecule has 3 atom stereocenters. The van der Waals surface area contributed by atoms with Gasteiger partial charge in [0, 0.05) is 29.8 Å². The van der Waals surface area contributed by atoms with E-state index in [-0.39, 0.29) is 12.3 Å². The van der Waals surface area contributed by atoms with E-state index in [4.69, 9.17) is 14.6 Å². The van der Waals surface area contributed by atoms with Crippen molar-refractivity contribution >= 4 is 40.3 Å². The summed E-state index contributed by atoms with van der Waals surface area (Å²) in [6.07, 6.45) is -1.46. The van der Waals surface area contributed by atoms with E-state index in [9.17, 15) is 14.7 Å². The maximum Gasteiger partial charge on any atom is 0.337 e. The van der Waals surface area contributed by atoms with Crippen molar-refractivity contribution in [3.8, 4) is 0 Å². The van der Waals surface area contributed by atoms with Crippen LogP contribution in [-0.4, -0.2) is 41.7 Å². The van der Waals surface area contributed by atoms with Gasteiger partial charge in [-0.05, 0) is 35.0 Å². The van der Waals surface area contributed by atoms with E-state index in [0.717, 1.165) is 5.56 Å². The molecule has 36 heavy (non-hydrogen) atoms. The number of ether oxygens (including phenoxy) is 1. The van der Waals surface area contributed by atoms with E-state index in [1.54, 1.807) is 24.3 Å². The van der Waals surface area contributed by atoms with Crippen molar-refractivity contribution in [3.05, 3.63) is 83.9 Å². The summed E-state index contributed by atoms with van der Waals surface area (Å²) in [4.78, 5) is 35.3. The number of nitrogens with zero attached hydrogens (tertiary/aromatic N) is 3. The van der Waals surface area contributed by atoms with Crippen LogP contribution >= 0.6 is 0 Å². The molecule has 1 amide bonds. The Morgan fingerprint density at radius 1 is 1.08 bits per heavy atom. The van der Waals surface area contributed by atoms with Gasteiger partial charge in [-0.25, -0.2) is 9.79 Å². The summed E-state index contributed by atoms with van der Waals surface area (Å²) in [7, 11) is 1.31. The van der Waals surface area contributed by atoms with Crippen LogP contribution in [0.5, 0.6) is 0 Å². The summed E-state index contributed by atoms with van der Waals surface area (Å²) in [6, 6.07) is 20.4. The molecule has 0 radical (unpaired) electrons. The van der Waals surface area contributed by atoms with Gasteiger partial charge in [0.1, 0.15) is 6.29 Å². The molecule has 3 unspecified atom stereocenters.